The van der Waals surface area contributed by atoms with E-state index in [0.29, 0.717) is 28.1 Å². The Morgan fingerprint density at radius 1 is 0.791 bits per heavy atom. The van der Waals surface area contributed by atoms with Gasteiger partial charge in [-0.05, 0) is 41.5 Å². The number of carbonyl (C=O) groups excluding carboxylic acids is 2. The number of benzene rings is 2. The topological polar surface area (TPSA) is 159 Å². The van der Waals surface area contributed by atoms with E-state index in [0.717, 1.165) is 0 Å². The summed E-state index contributed by atoms with van der Waals surface area (Å²) in [5.41, 5.74) is 3.45. The summed E-state index contributed by atoms with van der Waals surface area (Å²) in [5.74, 6) is -2.07. The average molecular weight is 814 g/mol. The number of aromatic nitrogens is 1. The van der Waals surface area contributed by atoms with Crippen molar-refractivity contribution in [3.63, 3.8) is 0 Å². The van der Waals surface area contributed by atoms with E-state index in [1.807, 2.05) is 25.5 Å². The summed E-state index contributed by atoms with van der Waals surface area (Å²) in [6.45, 7) is 3.29. The second kappa shape index (κ2) is 15.6. The fraction of sp³-hybridized carbons (Fsp3) is 0.207. The Balaban J connectivity index is 0.00000323. The number of nitrogens with zero attached hydrogens (tertiary/aromatic N) is 3. The Bertz CT molecular complexity index is 1490. The number of allylic oxidation sites excluding steroid dienone is 2. The van der Waals surface area contributed by atoms with Gasteiger partial charge in [-0.15, -0.1) is 0 Å². The van der Waals surface area contributed by atoms with Crippen LogP contribution in [0.4, 0.5) is 11.4 Å². The molecule has 0 amide bonds. The fourth-order valence-corrected chi connectivity index (χ4v) is 4.63. The van der Waals surface area contributed by atoms with Crippen LogP contribution in [-0.4, -0.2) is 21.8 Å². The van der Waals surface area contributed by atoms with Crippen molar-refractivity contribution in [3.8, 4) is 0 Å². The molecule has 0 spiro atoms. The molecule has 2 N–H and O–H groups in total. The number of pyridine rings is 1. The molecular weight excluding hydrogens is 786 g/mol. The highest BCUT2D eigenvalue weighted by molar-refractivity contribution is 5.99. The lowest BCUT2D eigenvalue weighted by Crippen LogP contribution is -3.00. The maximum atomic E-state index is 13.5. The van der Waals surface area contributed by atoms with Crippen LogP contribution in [0.5, 0.6) is 0 Å². The van der Waals surface area contributed by atoms with Gasteiger partial charge in [-0.3, -0.25) is 25.5 Å². The molecule has 0 saturated heterocycles. The van der Waals surface area contributed by atoms with Crippen molar-refractivity contribution < 1.29 is 86.7 Å². The standard InChI is InChI=1S/C29H26N4O8.2HI/c1-18-25(28(34)40-16-20-6-10-23(11-7-20)32(36)37)27(22-5-4-14-31(3)15-22)26(19(2)30-18)29(35)41-17-21-8-12-24(13-9-21)33(38)39;;/h4-15,27H,16-17H2,1-3H3;2*1H. The summed E-state index contributed by atoms with van der Waals surface area (Å²) >= 11 is 0. The molecule has 2 heterocycles. The van der Waals surface area contributed by atoms with Crippen LogP contribution in [0, 0.1) is 20.2 Å². The van der Waals surface area contributed by atoms with E-state index < -0.39 is 27.7 Å². The highest BCUT2D eigenvalue weighted by Gasteiger charge is 2.41. The molecule has 12 nitrogen and oxygen atoms in total. The number of hydrogen-bond acceptors (Lipinski definition) is 8. The molecule has 0 radical (unpaired) electrons. The van der Waals surface area contributed by atoms with Crippen LogP contribution >= 0.6 is 0 Å². The lowest BCUT2D eigenvalue weighted by atomic mass is 9.81. The van der Waals surface area contributed by atoms with Gasteiger partial charge in [0.25, 0.3) is 11.4 Å². The number of nitro groups is 2. The lowest BCUT2D eigenvalue weighted by molar-refractivity contribution is -0.672. The van der Waals surface area contributed by atoms with Crippen molar-refractivity contribution in [3.05, 3.63) is 133 Å². The molecular formula is C29H28I2N4O8. The van der Waals surface area contributed by atoms with Crippen molar-refractivity contribution >= 4 is 23.3 Å². The third-order valence-electron chi connectivity index (χ3n) is 6.63. The van der Waals surface area contributed by atoms with Crippen molar-refractivity contribution in [1.29, 1.82) is 0 Å². The van der Waals surface area contributed by atoms with E-state index in [4.69, 9.17) is 9.47 Å². The first-order valence-electron chi connectivity index (χ1n) is 12.6. The fourth-order valence-electron chi connectivity index (χ4n) is 4.63. The third-order valence-corrected chi connectivity index (χ3v) is 6.63. The maximum Gasteiger partial charge on any atom is 0.341 e. The molecule has 1 aliphatic heterocycles. The lowest BCUT2D eigenvalue weighted by Gasteiger charge is -2.26. The van der Waals surface area contributed by atoms with Gasteiger partial charge in [0.2, 0.25) is 0 Å². The Hall–Kier alpha value is -3.77. The average Bonchev–Trinajstić information content (AvgIpc) is 2.94. The number of hydrogen-bond donors (Lipinski definition) is 1. The van der Waals surface area contributed by atoms with Gasteiger partial charge in [0.05, 0.1) is 15.8 Å². The van der Waals surface area contributed by atoms with Crippen LogP contribution in [-0.2, 0) is 39.3 Å². The molecule has 1 aliphatic rings. The molecule has 1 aromatic heterocycles. The van der Waals surface area contributed by atoms with E-state index >= 15 is 0 Å². The van der Waals surface area contributed by atoms with Crippen LogP contribution in [0.15, 0.2) is 95.6 Å². The molecule has 4 rings (SSSR count). The van der Waals surface area contributed by atoms with Crippen molar-refractivity contribution in [2.24, 2.45) is 7.05 Å². The Kier molecular flexibility index (Phi) is 12.9. The molecule has 0 aliphatic carbocycles. The van der Waals surface area contributed by atoms with Crippen LogP contribution in [0.1, 0.15) is 36.5 Å². The summed E-state index contributed by atoms with van der Waals surface area (Å²) in [5, 5.41) is 23.6. The molecule has 226 valence electrons. The molecule has 14 heteroatoms. The van der Waals surface area contributed by atoms with Crippen LogP contribution in [0.25, 0.3) is 0 Å². The summed E-state index contributed by atoms with van der Waals surface area (Å²) in [6, 6.07) is 15.0. The second-order valence-corrected chi connectivity index (χ2v) is 9.57. The zero-order valence-electron chi connectivity index (χ0n) is 23.4. The van der Waals surface area contributed by atoms with Gasteiger partial charge in [-0.25, -0.2) is 14.2 Å². The first-order valence-corrected chi connectivity index (χ1v) is 12.6. The minimum Gasteiger partial charge on any atom is -1.00 e. The van der Waals surface area contributed by atoms with Gasteiger partial charge in [0.15, 0.2) is 12.4 Å². The van der Waals surface area contributed by atoms with E-state index in [2.05, 4.69) is 0 Å². The molecule has 0 bridgehead atoms. The highest BCUT2D eigenvalue weighted by Crippen LogP contribution is 2.37. The SMILES string of the molecule is CC1=C(C(=O)OCc2ccc([N+](=O)[O-])cc2)C(c2ccc[n+](C)c2)C(C(=O)OCc2ccc([N+](=O)[O-])cc2)=C(C)[NH2+]1.[I-].[I-]. The predicted molar refractivity (Wildman–Crippen MR) is 143 cm³/mol. The van der Waals surface area contributed by atoms with Crippen molar-refractivity contribution in [1.82, 2.24) is 0 Å². The molecule has 3 aromatic rings. The number of ether oxygens (including phenoxy) is 2. The van der Waals surface area contributed by atoms with E-state index in [1.54, 1.807) is 29.8 Å². The number of halogens is 2. The van der Waals surface area contributed by atoms with Gasteiger partial charge < -0.3 is 57.4 Å². The van der Waals surface area contributed by atoms with Crippen molar-refractivity contribution in [2.45, 2.75) is 33.0 Å². The van der Waals surface area contributed by atoms with E-state index in [1.165, 1.54) is 48.5 Å². The summed E-state index contributed by atoms with van der Waals surface area (Å²) in [6.07, 6.45) is 3.63. The molecule has 43 heavy (non-hydrogen) atoms. The van der Waals surface area contributed by atoms with Crippen LogP contribution in [0.3, 0.4) is 0 Å². The van der Waals surface area contributed by atoms with Crippen LogP contribution in [0.2, 0.25) is 0 Å². The Morgan fingerprint density at radius 2 is 1.21 bits per heavy atom. The number of nitro benzene ring substituents is 2. The van der Waals surface area contributed by atoms with E-state index in [-0.39, 0.29) is 83.7 Å². The molecule has 0 unspecified atom stereocenters. The number of rotatable bonds is 9. The largest absolute Gasteiger partial charge is 1.00 e. The summed E-state index contributed by atoms with van der Waals surface area (Å²) in [7, 11) is 1.82. The normalized spacial score (nSPS) is 13.0. The summed E-state index contributed by atoms with van der Waals surface area (Å²) in [4.78, 5) is 47.9. The van der Waals surface area contributed by atoms with E-state index in [9.17, 15) is 29.8 Å². The number of nitrogens with two attached hydrogens (primary N) is 1. The maximum absolute atomic E-state index is 13.5. The number of quaternary nitrogens is 1. The first-order chi connectivity index (χ1) is 19.5. The van der Waals surface area contributed by atoms with Gasteiger partial charge in [0.1, 0.15) is 42.8 Å². The molecule has 2 aromatic carbocycles. The quantitative estimate of drug-likeness (QED) is 0.0790. The van der Waals surface area contributed by atoms with Gasteiger partial charge in [-0.1, -0.05) is 0 Å². The number of aryl methyl sites for hydroxylation is 1. The molecule has 0 fully saturated rings. The number of non-ortho nitro benzene ring substituents is 2. The highest BCUT2D eigenvalue weighted by atomic mass is 127. The van der Waals surface area contributed by atoms with Gasteiger partial charge >= 0.3 is 11.9 Å². The molecule has 0 saturated carbocycles. The smallest absolute Gasteiger partial charge is 0.341 e. The van der Waals surface area contributed by atoms with Crippen LogP contribution < -0.4 is 57.8 Å². The third kappa shape index (κ3) is 8.64. The Labute approximate surface area is 281 Å². The zero-order chi connectivity index (χ0) is 29.7. The Morgan fingerprint density at radius 3 is 1.58 bits per heavy atom. The minimum absolute atomic E-state index is 0. The van der Waals surface area contributed by atoms with Gasteiger partial charge in [-0.2, -0.15) is 0 Å². The number of esters is 2. The summed E-state index contributed by atoms with van der Waals surface area (Å²) < 4.78 is 13.0. The zero-order valence-corrected chi connectivity index (χ0v) is 27.7. The van der Waals surface area contributed by atoms with Crippen molar-refractivity contribution in [2.75, 3.05) is 0 Å². The van der Waals surface area contributed by atoms with Gasteiger partial charge in [0, 0.05) is 49.7 Å². The predicted octanol–water partition coefficient (Wildman–Crippen LogP) is -2.97. The monoisotopic (exact) mass is 814 g/mol. The minimum atomic E-state index is -0.791. The number of carbonyl (C=O) groups is 2. The second-order valence-electron chi connectivity index (χ2n) is 9.57. The molecule has 0 atom stereocenters. The first kappa shape index (κ1) is 35.4.